The van der Waals surface area contributed by atoms with Crippen molar-refractivity contribution in [1.82, 2.24) is 24.9 Å². The highest BCUT2D eigenvalue weighted by atomic mass is 16.2. The molecule has 6 nitrogen and oxygen atoms in total. The van der Waals surface area contributed by atoms with E-state index < -0.39 is 0 Å². The number of hydrogen-bond acceptors (Lipinski definition) is 3. The Kier molecular flexibility index (Phi) is 3.08. The van der Waals surface area contributed by atoms with Crippen molar-refractivity contribution in [2.75, 3.05) is 13.1 Å². The van der Waals surface area contributed by atoms with Crippen LogP contribution in [0.1, 0.15) is 35.8 Å². The van der Waals surface area contributed by atoms with Crippen LogP contribution in [-0.2, 0) is 12.5 Å². The number of aromatic amines is 1. The van der Waals surface area contributed by atoms with Crippen LogP contribution >= 0.6 is 0 Å². The topological polar surface area (TPSA) is 66.8 Å². The van der Waals surface area contributed by atoms with Gasteiger partial charge in [-0.1, -0.05) is 6.92 Å². The Morgan fingerprint density at radius 2 is 2.35 bits per heavy atom. The third-order valence-electron chi connectivity index (χ3n) is 4.09. The minimum absolute atomic E-state index is 0.0490. The minimum atomic E-state index is -0.0490. The zero-order chi connectivity index (χ0) is 14.2. The SMILES string of the molecule is Cn1cc(C(=O)N2CCC[C@](C)(c3ccn[nH]3)C2)cn1. The van der Waals surface area contributed by atoms with E-state index in [0.717, 1.165) is 25.1 Å². The van der Waals surface area contributed by atoms with Gasteiger partial charge >= 0.3 is 0 Å². The molecule has 0 saturated carbocycles. The molecule has 3 rings (SSSR count). The van der Waals surface area contributed by atoms with Gasteiger partial charge in [-0.15, -0.1) is 0 Å². The maximum Gasteiger partial charge on any atom is 0.257 e. The Morgan fingerprint density at radius 1 is 1.50 bits per heavy atom. The van der Waals surface area contributed by atoms with Gasteiger partial charge in [-0.25, -0.2) is 0 Å². The number of piperidine rings is 1. The highest BCUT2D eigenvalue weighted by Crippen LogP contribution is 2.32. The van der Waals surface area contributed by atoms with Crippen molar-refractivity contribution < 1.29 is 4.79 Å². The van der Waals surface area contributed by atoms with Gasteiger partial charge in [0.1, 0.15) is 0 Å². The number of aromatic nitrogens is 4. The first-order valence-corrected chi connectivity index (χ1v) is 6.86. The second kappa shape index (κ2) is 4.77. The Labute approximate surface area is 117 Å². The average Bonchev–Trinajstić information content (AvgIpc) is 3.09. The molecule has 2 aromatic heterocycles. The lowest BCUT2D eigenvalue weighted by Gasteiger charge is -2.39. The molecule has 1 amide bonds. The predicted octanol–water partition coefficient (Wildman–Crippen LogP) is 1.34. The highest BCUT2D eigenvalue weighted by molar-refractivity contribution is 5.93. The molecule has 1 fully saturated rings. The van der Waals surface area contributed by atoms with Crippen molar-refractivity contribution in [2.24, 2.45) is 7.05 Å². The third kappa shape index (κ3) is 2.21. The summed E-state index contributed by atoms with van der Waals surface area (Å²) >= 11 is 0. The van der Waals surface area contributed by atoms with Crippen molar-refractivity contribution in [1.29, 1.82) is 0 Å². The molecule has 6 heteroatoms. The molecule has 3 heterocycles. The van der Waals surface area contributed by atoms with Crippen LogP contribution in [0.4, 0.5) is 0 Å². The number of carbonyl (C=O) groups excluding carboxylic acids is 1. The van der Waals surface area contributed by atoms with Crippen LogP contribution in [0.5, 0.6) is 0 Å². The molecule has 2 aromatic rings. The van der Waals surface area contributed by atoms with Crippen molar-refractivity contribution >= 4 is 5.91 Å². The molecule has 0 bridgehead atoms. The zero-order valence-electron chi connectivity index (χ0n) is 11.8. The van der Waals surface area contributed by atoms with E-state index in [0.29, 0.717) is 12.1 Å². The summed E-state index contributed by atoms with van der Waals surface area (Å²) in [4.78, 5) is 14.4. The number of carbonyl (C=O) groups is 1. The van der Waals surface area contributed by atoms with Gasteiger partial charge in [0.05, 0.1) is 11.8 Å². The predicted molar refractivity (Wildman–Crippen MR) is 74.3 cm³/mol. The summed E-state index contributed by atoms with van der Waals surface area (Å²) in [6, 6.07) is 2.00. The summed E-state index contributed by atoms with van der Waals surface area (Å²) in [7, 11) is 1.82. The van der Waals surface area contributed by atoms with E-state index in [4.69, 9.17) is 0 Å². The molecular formula is C14H19N5O. The Hall–Kier alpha value is -2.11. The molecule has 1 atom stereocenters. The lowest BCUT2D eigenvalue weighted by Crippen LogP contribution is -2.47. The van der Waals surface area contributed by atoms with Crippen molar-refractivity contribution in [3.8, 4) is 0 Å². The number of nitrogens with one attached hydrogen (secondary N) is 1. The number of amides is 1. The summed E-state index contributed by atoms with van der Waals surface area (Å²) in [5.74, 6) is 0.0588. The number of likely N-dealkylation sites (tertiary alicyclic amines) is 1. The number of nitrogens with zero attached hydrogens (tertiary/aromatic N) is 4. The average molecular weight is 273 g/mol. The lowest BCUT2D eigenvalue weighted by atomic mass is 9.79. The minimum Gasteiger partial charge on any atom is -0.338 e. The summed E-state index contributed by atoms with van der Waals surface area (Å²) in [6.07, 6.45) is 7.23. The van der Waals surface area contributed by atoms with Gasteiger partial charge in [0.15, 0.2) is 0 Å². The Balaban J connectivity index is 1.80. The van der Waals surface area contributed by atoms with E-state index in [-0.39, 0.29) is 11.3 Å². The number of H-pyrrole nitrogens is 1. The highest BCUT2D eigenvalue weighted by Gasteiger charge is 2.36. The van der Waals surface area contributed by atoms with Gasteiger partial charge < -0.3 is 4.90 Å². The molecule has 0 unspecified atom stereocenters. The normalized spacial score (nSPS) is 23.0. The molecule has 1 saturated heterocycles. The molecule has 0 radical (unpaired) electrons. The first-order valence-electron chi connectivity index (χ1n) is 6.86. The second-order valence-corrected chi connectivity index (χ2v) is 5.76. The van der Waals surface area contributed by atoms with Gasteiger partial charge in [0.25, 0.3) is 5.91 Å². The van der Waals surface area contributed by atoms with Gasteiger partial charge in [-0.2, -0.15) is 10.2 Å². The summed E-state index contributed by atoms with van der Waals surface area (Å²) in [5, 5.41) is 11.2. The summed E-state index contributed by atoms with van der Waals surface area (Å²) < 4.78 is 1.66. The first kappa shape index (κ1) is 12.9. The van der Waals surface area contributed by atoms with Gasteiger partial charge in [0.2, 0.25) is 0 Å². The second-order valence-electron chi connectivity index (χ2n) is 5.76. The molecule has 0 aromatic carbocycles. The van der Waals surface area contributed by atoms with Crippen LogP contribution in [-0.4, -0.2) is 43.9 Å². The molecular weight excluding hydrogens is 254 g/mol. The maximum absolute atomic E-state index is 12.5. The molecule has 0 aliphatic carbocycles. The smallest absolute Gasteiger partial charge is 0.257 e. The van der Waals surface area contributed by atoms with Gasteiger partial charge in [-0.05, 0) is 18.9 Å². The molecule has 1 N–H and O–H groups in total. The Morgan fingerprint density at radius 3 is 3.00 bits per heavy atom. The van der Waals surface area contributed by atoms with Crippen molar-refractivity contribution in [2.45, 2.75) is 25.2 Å². The Bertz CT molecular complexity index is 603. The molecule has 106 valence electrons. The molecule has 0 spiro atoms. The van der Waals surface area contributed by atoms with E-state index in [1.807, 2.05) is 18.0 Å². The number of hydrogen-bond donors (Lipinski definition) is 1. The van der Waals surface area contributed by atoms with Crippen LogP contribution in [0.2, 0.25) is 0 Å². The van der Waals surface area contributed by atoms with Crippen LogP contribution in [0.15, 0.2) is 24.7 Å². The van der Waals surface area contributed by atoms with E-state index >= 15 is 0 Å². The quantitative estimate of drug-likeness (QED) is 0.897. The van der Waals surface area contributed by atoms with Crippen molar-refractivity contribution in [3.05, 3.63) is 35.9 Å². The number of aryl methyl sites for hydroxylation is 1. The first-order chi connectivity index (χ1) is 9.58. The number of rotatable bonds is 2. The van der Waals surface area contributed by atoms with Crippen LogP contribution < -0.4 is 0 Å². The monoisotopic (exact) mass is 273 g/mol. The summed E-state index contributed by atoms with van der Waals surface area (Å²) in [6.45, 7) is 3.70. The zero-order valence-corrected chi connectivity index (χ0v) is 11.8. The molecule has 20 heavy (non-hydrogen) atoms. The van der Waals surface area contributed by atoms with Gasteiger partial charge in [-0.3, -0.25) is 14.6 Å². The van der Waals surface area contributed by atoms with E-state index in [1.54, 1.807) is 23.3 Å². The lowest BCUT2D eigenvalue weighted by molar-refractivity contribution is 0.0647. The third-order valence-corrected chi connectivity index (χ3v) is 4.09. The maximum atomic E-state index is 12.5. The van der Waals surface area contributed by atoms with Crippen LogP contribution in [0, 0.1) is 0 Å². The fourth-order valence-corrected chi connectivity index (χ4v) is 2.94. The van der Waals surface area contributed by atoms with Crippen molar-refractivity contribution in [3.63, 3.8) is 0 Å². The van der Waals surface area contributed by atoms with E-state index in [9.17, 15) is 4.79 Å². The van der Waals surface area contributed by atoms with Gasteiger partial charge in [0, 0.05) is 43.6 Å². The van der Waals surface area contributed by atoms with E-state index in [2.05, 4.69) is 22.2 Å². The summed E-state index contributed by atoms with van der Waals surface area (Å²) in [5.41, 5.74) is 1.70. The fourth-order valence-electron chi connectivity index (χ4n) is 2.94. The van der Waals surface area contributed by atoms with Crippen LogP contribution in [0.25, 0.3) is 0 Å². The molecule has 1 aliphatic rings. The standard InChI is InChI=1S/C14H19N5O/c1-14(12-4-6-15-17-12)5-3-7-19(10-14)13(20)11-8-16-18(2)9-11/h4,6,8-9H,3,5,7,10H2,1-2H3,(H,15,17)/t14-/m0/s1. The van der Waals surface area contributed by atoms with Crippen LogP contribution in [0.3, 0.4) is 0 Å². The molecule has 1 aliphatic heterocycles. The van der Waals surface area contributed by atoms with E-state index in [1.165, 1.54) is 0 Å². The largest absolute Gasteiger partial charge is 0.338 e. The fraction of sp³-hybridized carbons (Fsp3) is 0.500.